The van der Waals surface area contributed by atoms with Gasteiger partial charge in [-0.05, 0) is 13.3 Å². The highest BCUT2D eigenvalue weighted by Crippen LogP contribution is 2.42. The number of hydrogen-bond donors (Lipinski definition) is 1. The van der Waals surface area contributed by atoms with Crippen LogP contribution in [0.5, 0.6) is 0 Å². The first-order valence-corrected chi connectivity index (χ1v) is 7.32. The third-order valence-corrected chi connectivity index (χ3v) is 4.38. The second-order valence-electron chi connectivity index (χ2n) is 4.87. The Hall–Kier alpha value is 0.01000. The first-order chi connectivity index (χ1) is 7.62. The van der Waals surface area contributed by atoms with Gasteiger partial charge in [0, 0.05) is 36.1 Å². The Labute approximate surface area is 104 Å². The standard InChI is InChI=1S/C13H25NOS/c1-5-8-16-9-7-14-11-10-12(15-6-2)13(11,3)4/h5,11-12,14H,1,6-10H2,2-4H3. The van der Waals surface area contributed by atoms with Crippen LogP contribution >= 0.6 is 11.8 Å². The summed E-state index contributed by atoms with van der Waals surface area (Å²) in [5.74, 6) is 2.22. The van der Waals surface area contributed by atoms with Crippen molar-refractivity contribution in [3.63, 3.8) is 0 Å². The molecule has 1 aliphatic carbocycles. The van der Waals surface area contributed by atoms with Crippen molar-refractivity contribution in [2.75, 3.05) is 24.7 Å². The Morgan fingerprint density at radius 1 is 1.56 bits per heavy atom. The van der Waals surface area contributed by atoms with Crippen molar-refractivity contribution in [2.45, 2.75) is 39.3 Å². The van der Waals surface area contributed by atoms with Gasteiger partial charge in [-0.15, -0.1) is 6.58 Å². The summed E-state index contributed by atoms with van der Waals surface area (Å²) in [5.41, 5.74) is 0.291. The van der Waals surface area contributed by atoms with Crippen LogP contribution in [0.15, 0.2) is 12.7 Å². The molecule has 0 aromatic carbocycles. The van der Waals surface area contributed by atoms with Crippen molar-refractivity contribution in [3.05, 3.63) is 12.7 Å². The maximum atomic E-state index is 5.71. The van der Waals surface area contributed by atoms with Gasteiger partial charge >= 0.3 is 0 Å². The van der Waals surface area contributed by atoms with Gasteiger partial charge in [0.15, 0.2) is 0 Å². The van der Waals surface area contributed by atoms with Gasteiger partial charge in [0.25, 0.3) is 0 Å². The van der Waals surface area contributed by atoms with Crippen molar-refractivity contribution in [1.82, 2.24) is 5.32 Å². The maximum absolute atomic E-state index is 5.71. The number of ether oxygens (including phenoxy) is 1. The van der Waals surface area contributed by atoms with Gasteiger partial charge in [0.1, 0.15) is 0 Å². The molecule has 0 aromatic heterocycles. The fourth-order valence-corrected chi connectivity index (χ4v) is 2.78. The van der Waals surface area contributed by atoms with E-state index in [1.54, 1.807) is 0 Å². The third-order valence-electron chi connectivity index (χ3n) is 3.42. The van der Waals surface area contributed by atoms with E-state index >= 15 is 0 Å². The van der Waals surface area contributed by atoms with Gasteiger partial charge in [-0.1, -0.05) is 19.9 Å². The highest BCUT2D eigenvalue weighted by Gasteiger charge is 2.48. The Morgan fingerprint density at radius 2 is 2.31 bits per heavy atom. The summed E-state index contributed by atoms with van der Waals surface area (Å²) < 4.78 is 5.71. The Morgan fingerprint density at radius 3 is 2.88 bits per heavy atom. The largest absolute Gasteiger partial charge is 0.378 e. The summed E-state index contributed by atoms with van der Waals surface area (Å²) >= 11 is 1.93. The van der Waals surface area contributed by atoms with E-state index in [-0.39, 0.29) is 0 Å². The van der Waals surface area contributed by atoms with Gasteiger partial charge in [-0.25, -0.2) is 0 Å². The number of hydrogen-bond acceptors (Lipinski definition) is 3. The van der Waals surface area contributed by atoms with Crippen LogP contribution in [0.25, 0.3) is 0 Å². The molecule has 2 nitrogen and oxygen atoms in total. The summed E-state index contributed by atoms with van der Waals surface area (Å²) in [6.07, 6.45) is 3.56. The van der Waals surface area contributed by atoms with Crippen LogP contribution in [0.4, 0.5) is 0 Å². The van der Waals surface area contributed by atoms with E-state index in [4.69, 9.17) is 4.74 Å². The average molecular weight is 243 g/mol. The number of thioether (sulfide) groups is 1. The predicted octanol–water partition coefficient (Wildman–Crippen LogP) is 2.70. The van der Waals surface area contributed by atoms with Crippen LogP contribution in [-0.4, -0.2) is 36.8 Å². The van der Waals surface area contributed by atoms with E-state index < -0.39 is 0 Å². The molecule has 16 heavy (non-hydrogen) atoms. The molecule has 0 saturated heterocycles. The second kappa shape index (κ2) is 6.67. The van der Waals surface area contributed by atoms with E-state index in [9.17, 15) is 0 Å². The molecule has 0 heterocycles. The van der Waals surface area contributed by atoms with Crippen LogP contribution in [0.1, 0.15) is 27.2 Å². The zero-order valence-electron chi connectivity index (χ0n) is 10.8. The van der Waals surface area contributed by atoms with Crippen molar-refractivity contribution in [1.29, 1.82) is 0 Å². The van der Waals surface area contributed by atoms with Crippen molar-refractivity contribution in [2.24, 2.45) is 5.41 Å². The first kappa shape index (κ1) is 14.1. The lowest BCUT2D eigenvalue weighted by atomic mass is 9.64. The zero-order valence-corrected chi connectivity index (χ0v) is 11.6. The molecule has 2 atom stereocenters. The molecule has 0 aliphatic heterocycles. The van der Waals surface area contributed by atoms with Crippen LogP contribution in [0.2, 0.25) is 0 Å². The molecule has 3 heteroatoms. The van der Waals surface area contributed by atoms with Gasteiger partial charge in [0.2, 0.25) is 0 Å². The van der Waals surface area contributed by atoms with Crippen LogP contribution in [0, 0.1) is 5.41 Å². The van der Waals surface area contributed by atoms with E-state index in [1.165, 1.54) is 0 Å². The van der Waals surface area contributed by atoms with Gasteiger partial charge in [-0.3, -0.25) is 0 Å². The molecule has 1 N–H and O–H groups in total. The summed E-state index contributed by atoms with van der Waals surface area (Å²) in [5, 5.41) is 3.62. The van der Waals surface area contributed by atoms with Gasteiger partial charge < -0.3 is 10.1 Å². The average Bonchev–Trinajstić information content (AvgIpc) is 2.26. The lowest BCUT2D eigenvalue weighted by molar-refractivity contribution is -0.113. The quantitative estimate of drug-likeness (QED) is 0.523. The van der Waals surface area contributed by atoms with E-state index in [0.717, 1.165) is 31.1 Å². The maximum Gasteiger partial charge on any atom is 0.0655 e. The Balaban J connectivity index is 2.13. The lowest BCUT2D eigenvalue weighted by Gasteiger charge is -2.52. The van der Waals surface area contributed by atoms with E-state index in [0.29, 0.717) is 17.6 Å². The monoisotopic (exact) mass is 243 g/mol. The molecule has 0 radical (unpaired) electrons. The summed E-state index contributed by atoms with van der Waals surface area (Å²) in [6.45, 7) is 12.3. The topological polar surface area (TPSA) is 21.3 Å². The Bertz CT molecular complexity index is 218. The molecule has 0 aromatic rings. The smallest absolute Gasteiger partial charge is 0.0655 e. The summed E-state index contributed by atoms with van der Waals surface area (Å²) in [4.78, 5) is 0. The molecule has 0 amide bonds. The number of nitrogens with one attached hydrogen (secondary N) is 1. The molecule has 1 rings (SSSR count). The predicted molar refractivity (Wildman–Crippen MR) is 73.1 cm³/mol. The minimum Gasteiger partial charge on any atom is -0.378 e. The number of rotatable bonds is 8. The summed E-state index contributed by atoms with van der Waals surface area (Å²) in [6, 6.07) is 0.619. The fraction of sp³-hybridized carbons (Fsp3) is 0.846. The van der Waals surface area contributed by atoms with Crippen molar-refractivity contribution in [3.8, 4) is 0 Å². The molecule has 1 fully saturated rings. The first-order valence-electron chi connectivity index (χ1n) is 6.16. The Kier molecular flexibility index (Phi) is 5.87. The summed E-state index contributed by atoms with van der Waals surface area (Å²) in [7, 11) is 0. The lowest BCUT2D eigenvalue weighted by Crippen LogP contribution is -2.61. The molecule has 94 valence electrons. The minimum absolute atomic E-state index is 0.291. The molecule has 2 unspecified atom stereocenters. The molecular formula is C13H25NOS. The van der Waals surface area contributed by atoms with Crippen molar-refractivity contribution >= 4 is 11.8 Å². The second-order valence-corrected chi connectivity index (χ2v) is 6.02. The van der Waals surface area contributed by atoms with Crippen LogP contribution in [-0.2, 0) is 4.74 Å². The third kappa shape index (κ3) is 3.51. The highest BCUT2D eigenvalue weighted by molar-refractivity contribution is 7.99. The zero-order chi connectivity index (χ0) is 12.0. The molecule has 1 aliphatic rings. The molecule has 0 spiro atoms. The van der Waals surface area contributed by atoms with E-state index in [2.05, 4.69) is 32.7 Å². The molecular weight excluding hydrogens is 218 g/mol. The van der Waals surface area contributed by atoms with Gasteiger partial charge in [0.05, 0.1) is 6.10 Å². The minimum atomic E-state index is 0.291. The van der Waals surface area contributed by atoms with Gasteiger partial charge in [-0.2, -0.15) is 11.8 Å². The van der Waals surface area contributed by atoms with Crippen LogP contribution in [0.3, 0.4) is 0 Å². The van der Waals surface area contributed by atoms with Crippen molar-refractivity contribution < 1.29 is 4.74 Å². The molecule has 0 bridgehead atoms. The van der Waals surface area contributed by atoms with E-state index in [1.807, 2.05) is 17.8 Å². The SMILES string of the molecule is C=CCSCCNC1CC(OCC)C1(C)C. The molecule has 1 saturated carbocycles. The fourth-order valence-electron chi connectivity index (χ4n) is 2.19. The normalized spacial score (nSPS) is 27.4. The highest BCUT2D eigenvalue weighted by atomic mass is 32.2. The van der Waals surface area contributed by atoms with Crippen LogP contribution < -0.4 is 5.32 Å².